The van der Waals surface area contributed by atoms with Gasteiger partial charge in [-0.05, 0) is 31.7 Å². The molecule has 1 aromatic rings. The van der Waals surface area contributed by atoms with Gasteiger partial charge in [-0.1, -0.05) is 30.3 Å². The zero-order valence-electron chi connectivity index (χ0n) is 14.2. The Labute approximate surface area is 143 Å². The van der Waals surface area contributed by atoms with Gasteiger partial charge in [0.05, 0.1) is 12.7 Å². The van der Waals surface area contributed by atoms with Crippen molar-refractivity contribution < 1.29 is 19.0 Å². The van der Waals surface area contributed by atoms with Gasteiger partial charge in [-0.2, -0.15) is 0 Å². The van der Waals surface area contributed by atoms with Crippen LogP contribution in [0.2, 0.25) is 0 Å². The lowest BCUT2D eigenvalue weighted by Gasteiger charge is -2.34. The Bertz CT molecular complexity index is 584. The Kier molecular flexibility index (Phi) is 5.75. The second-order valence-electron chi connectivity index (χ2n) is 6.20. The van der Waals surface area contributed by atoms with E-state index in [-0.39, 0.29) is 12.0 Å². The molecule has 0 radical (unpaired) electrons. The molecule has 1 atom stereocenters. The topological polar surface area (TPSA) is 48.0 Å². The zero-order valence-corrected chi connectivity index (χ0v) is 14.2. The van der Waals surface area contributed by atoms with Gasteiger partial charge in [0.2, 0.25) is 5.76 Å². The summed E-state index contributed by atoms with van der Waals surface area (Å²) in [6, 6.07) is 10.5. The zero-order chi connectivity index (χ0) is 16.8. The third-order valence-electron chi connectivity index (χ3n) is 4.42. The third-order valence-corrected chi connectivity index (χ3v) is 4.42. The van der Waals surface area contributed by atoms with E-state index in [0.717, 1.165) is 19.3 Å². The molecular weight excluding hydrogens is 306 g/mol. The quantitative estimate of drug-likeness (QED) is 0.832. The van der Waals surface area contributed by atoms with Gasteiger partial charge >= 0.3 is 0 Å². The highest BCUT2D eigenvalue weighted by atomic mass is 16.6. The first-order valence-corrected chi connectivity index (χ1v) is 8.65. The summed E-state index contributed by atoms with van der Waals surface area (Å²) in [5.41, 5.74) is 1.34. The van der Waals surface area contributed by atoms with E-state index in [1.807, 2.05) is 11.0 Å². The molecule has 1 fully saturated rings. The molecular formula is C19H25NO4. The molecule has 2 aliphatic heterocycles. The van der Waals surface area contributed by atoms with E-state index in [2.05, 4.69) is 24.3 Å². The van der Waals surface area contributed by atoms with Gasteiger partial charge in [-0.25, -0.2) is 0 Å². The molecule has 5 heteroatoms. The molecule has 2 heterocycles. The average Bonchev–Trinajstić information content (AvgIpc) is 2.63. The van der Waals surface area contributed by atoms with Crippen molar-refractivity contribution in [2.45, 2.75) is 32.3 Å². The first kappa shape index (κ1) is 16.8. The van der Waals surface area contributed by atoms with Gasteiger partial charge in [-0.15, -0.1) is 0 Å². The molecule has 0 bridgehead atoms. The molecule has 1 unspecified atom stereocenters. The second-order valence-corrected chi connectivity index (χ2v) is 6.20. The van der Waals surface area contributed by atoms with E-state index in [4.69, 9.17) is 14.2 Å². The molecule has 2 aliphatic rings. The van der Waals surface area contributed by atoms with Gasteiger partial charge in [0.25, 0.3) is 5.91 Å². The van der Waals surface area contributed by atoms with E-state index >= 15 is 0 Å². The number of hydrogen-bond donors (Lipinski definition) is 0. The first-order chi connectivity index (χ1) is 11.7. The van der Waals surface area contributed by atoms with Crippen LogP contribution < -0.4 is 0 Å². The smallest absolute Gasteiger partial charge is 0.292 e. The number of amides is 1. The van der Waals surface area contributed by atoms with Crippen LogP contribution in [0.15, 0.2) is 41.9 Å². The Morgan fingerprint density at radius 1 is 1.17 bits per heavy atom. The van der Waals surface area contributed by atoms with Gasteiger partial charge in [0, 0.05) is 13.1 Å². The van der Waals surface area contributed by atoms with Crippen LogP contribution in [-0.4, -0.2) is 49.8 Å². The fraction of sp³-hybridized carbons (Fsp3) is 0.526. The number of rotatable bonds is 5. The Balaban J connectivity index is 1.50. The van der Waals surface area contributed by atoms with Gasteiger partial charge < -0.3 is 19.1 Å². The maximum atomic E-state index is 12.6. The summed E-state index contributed by atoms with van der Waals surface area (Å²) in [5, 5.41) is 0. The van der Waals surface area contributed by atoms with Gasteiger partial charge in [0.15, 0.2) is 0 Å². The Hall–Kier alpha value is -2.01. The molecule has 1 amide bonds. The third kappa shape index (κ3) is 4.29. The molecule has 1 aromatic carbocycles. The van der Waals surface area contributed by atoms with Crippen LogP contribution in [0.5, 0.6) is 0 Å². The molecule has 3 rings (SSSR count). The van der Waals surface area contributed by atoms with Crippen molar-refractivity contribution in [1.29, 1.82) is 0 Å². The van der Waals surface area contributed by atoms with Crippen molar-refractivity contribution in [3.8, 4) is 0 Å². The van der Waals surface area contributed by atoms with E-state index < -0.39 is 0 Å². The molecule has 24 heavy (non-hydrogen) atoms. The van der Waals surface area contributed by atoms with Crippen LogP contribution in [0.4, 0.5) is 0 Å². The molecule has 1 saturated heterocycles. The summed E-state index contributed by atoms with van der Waals surface area (Å²) in [6.45, 7) is 4.53. The predicted molar refractivity (Wildman–Crippen MR) is 90.3 cm³/mol. The van der Waals surface area contributed by atoms with E-state index in [1.165, 1.54) is 5.56 Å². The van der Waals surface area contributed by atoms with E-state index in [0.29, 0.717) is 44.4 Å². The average molecular weight is 331 g/mol. The predicted octanol–water partition coefficient (Wildman–Crippen LogP) is 2.52. The van der Waals surface area contributed by atoms with Crippen molar-refractivity contribution in [2.75, 3.05) is 32.9 Å². The highest BCUT2D eigenvalue weighted by Gasteiger charge is 2.29. The van der Waals surface area contributed by atoms with Crippen LogP contribution in [-0.2, 0) is 25.4 Å². The standard InChI is InChI=1S/C19H25NO4/c1-15-18(24-13-12-22-15)19(21)20-10-11-23-17(14-20)9-5-8-16-6-3-2-4-7-16/h2-4,6-7,17H,5,8-14H2,1H3. The molecule has 0 saturated carbocycles. The summed E-state index contributed by atoms with van der Waals surface area (Å²) in [6.07, 6.45) is 3.14. The molecule has 0 N–H and O–H groups in total. The van der Waals surface area contributed by atoms with Crippen molar-refractivity contribution in [3.63, 3.8) is 0 Å². The number of nitrogens with zero attached hydrogens (tertiary/aromatic N) is 1. The van der Waals surface area contributed by atoms with Crippen LogP contribution in [0.1, 0.15) is 25.3 Å². The number of allylic oxidation sites excluding steroid dienone is 1. The van der Waals surface area contributed by atoms with Crippen molar-refractivity contribution >= 4 is 5.91 Å². The SMILES string of the molecule is CC1=C(C(=O)N2CCOC(CCCc3ccccc3)C2)OCCO1. The lowest BCUT2D eigenvalue weighted by Crippen LogP contribution is -2.47. The summed E-state index contributed by atoms with van der Waals surface area (Å²) >= 11 is 0. The van der Waals surface area contributed by atoms with E-state index in [1.54, 1.807) is 6.92 Å². The van der Waals surface area contributed by atoms with Crippen LogP contribution >= 0.6 is 0 Å². The molecule has 0 aromatic heterocycles. The Morgan fingerprint density at radius 3 is 2.75 bits per heavy atom. The number of carbonyl (C=O) groups is 1. The normalized spacial score (nSPS) is 21.2. The molecule has 130 valence electrons. The second kappa shape index (κ2) is 8.20. The number of ether oxygens (including phenoxy) is 3. The lowest BCUT2D eigenvalue weighted by molar-refractivity contribution is -0.140. The molecule has 0 spiro atoms. The maximum Gasteiger partial charge on any atom is 0.292 e. The fourth-order valence-electron chi connectivity index (χ4n) is 3.12. The number of carbonyl (C=O) groups excluding carboxylic acids is 1. The number of morpholine rings is 1. The molecule has 5 nitrogen and oxygen atoms in total. The van der Waals surface area contributed by atoms with Crippen molar-refractivity contribution in [2.24, 2.45) is 0 Å². The summed E-state index contributed by atoms with van der Waals surface area (Å²) < 4.78 is 16.7. The van der Waals surface area contributed by atoms with Gasteiger partial charge in [0.1, 0.15) is 19.0 Å². The number of hydrogen-bond acceptors (Lipinski definition) is 4. The monoisotopic (exact) mass is 331 g/mol. The highest BCUT2D eigenvalue weighted by Crippen LogP contribution is 2.19. The number of benzene rings is 1. The van der Waals surface area contributed by atoms with E-state index in [9.17, 15) is 4.79 Å². The van der Waals surface area contributed by atoms with Crippen LogP contribution in [0.25, 0.3) is 0 Å². The summed E-state index contributed by atoms with van der Waals surface area (Å²) in [5.74, 6) is 0.855. The fourth-order valence-corrected chi connectivity index (χ4v) is 3.12. The minimum Gasteiger partial charge on any atom is -0.491 e. The largest absolute Gasteiger partial charge is 0.491 e. The maximum absolute atomic E-state index is 12.6. The highest BCUT2D eigenvalue weighted by molar-refractivity contribution is 5.92. The minimum absolute atomic E-state index is 0.0800. The lowest BCUT2D eigenvalue weighted by atomic mass is 10.0. The van der Waals surface area contributed by atoms with Crippen LogP contribution in [0.3, 0.4) is 0 Å². The van der Waals surface area contributed by atoms with Crippen molar-refractivity contribution in [3.05, 3.63) is 47.4 Å². The Morgan fingerprint density at radius 2 is 1.96 bits per heavy atom. The minimum atomic E-state index is -0.0800. The number of aryl methyl sites for hydroxylation is 1. The molecule has 0 aliphatic carbocycles. The van der Waals surface area contributed by atoms with Gasteiger partial charge in [-0.3, -0.25) is 4.79 Å². The summed E-state index contributed by atoms with van der Waals surface area (Å²) in [4.78, 5) is 14.4. The summed E-state index contributed by atoms with van der Waals surface area (Å²) in [7, 11) is 0. The van der Waals surface area contributed by atoms with Crippen molar-refractivity contribution in [1.82, 2.24) is 4.90 Å². The van der Waals surface area contributed by atoms with Crippen LogP contribution in [0, 0.1) is 0 Å². The first-order valence-electron chi connectivity index (χ1n) is 8.65.